The van der Waals surface area contributed by atoms with Gasteiger partial charge in [-0.2, -0.15) is 0 Å². The van der Waals surface area contributed by atoms with Gasteiger partial charge in [0.1, 0.15) is 0 Å². The molecule has 18 heavy (non-hydrogen) atoms. The van der Waals surface area contributed by atoms with E-state index in [1.165, 1.54) is 12.0 Å². The maximum absolute atomic E-state index is 4.60. The molecule has 0 aliphatic rings. The van der Waals surface area contributed by atoms with Crippen molar-refractivity contribution >= 4 is 5.95 Å². The Morgan fingerprint density at radius 3 is 2.67 bits per heavy atom. The number of hydrogen-bond donors (Lipinski definition) is 1. The summed E-state index contributed by atoms with van der Waals surface area (Å²) in [7, 11) is 2.07. The summed E-state index contributed by atoms with van der Waals surface area (Å²) in [6.45, 7) is 10.4. The molecule has 4 heteroatoms. The first kappa shape index (κ1) is 14.9. The van der Waals surface area contributed by atoms with E-state index in [0.29, 0.717) is 6.04 Å². The molecule has 1 rings (SSSR count). The average molecular weight is 250 g/mol. The zero-order valence-electron chi connectivity index (χ0n) is 12.3. The van der Waals surface area contributed by atoms with E-state index in [0.717, 1.165) is 31.2 Å². The van der Waals surface area contributed by atoms with Gasteiger partial charge in [-0.25, -0.2) is 9.97 Å². The van der Waals surface area contributed by atoms with E-state index in [2.05, 4.69) is 54.9 Å². The highest BCUT2D eigenvalue weighted by atomic mass is 15.2. The van der Waals surface area contributed by atoms with Gasteiger partial charge >= 0.3 is 0 Å². The van der Waals surface area contributed by atoms with Crippen LogP contribution in [-0.4, -0.2) is 29.6 Å². The average Bonchev–Trinajstić information content (AvgIpc) is 2.36. The standard InChI is InChI=1S/C14H26N4/c1-6-8-11(3)18(5)14-16-10-13(9-15-7-2)12(4)17-14/h10-11,15H,6-9H2,1-5H3. The lowest BCUT2D eigenvalue weighted by atomic mass is 10.2. The normalized spacial score (nSPS) is 12.5. The van der Waals surface area contributed by atoms with Crippen LogP contribution in [0.15, 0.2) is 6.20 Å². The van der Waals surface area contributed by atoms with Crippen molar-refractivity contribution < 1.29 is 0 Å². The number of rotatable bonds is 7. The quantitative estimate of drug-likeness (QED) is 0.807. The molecule has 0 aromatic carbocycles. The number of hydrogen-bond acceptors (Lipinski definition) is 4. The first-order chi connectivity index (χ1) is 8.60. The molecule has 1 heterocycles. The number of aromatic nitrogens is 2. The molecule has 1 unspecified atom stereocenters. The molecule has 1 atom stereocenters. The van der Waals surface area contributed by atoms with Crippen molar-refractivity contribution in [3.05, 3.63) is 17.5 Å². The fraction of sp³-hybridized carbons (Fsp3) is 0.714. The summed E-state index contributed by atoms with van der Waals surface area (Å²) in [6, 6.07) is 0.481. The van der Waals surface area contributed by atoms with Crippen LogP contribution in [0, 0.1) is 6.92 Å². The van der Waals surface area contributed by atoms with E-state index in [1.807, 2.05) is 6.20 Å². The molecule has 0 saturated heterocycles. The van der Waals surface area contributed by atoms with Gasteiger partial charge in [0, 0.05) is 37.1 Å². The fourth-order valence-corrected chi connectivity index (χ4v) is 1.89. The summed E-state index contributed by atoms with van der Waals surface area (Å²) in [5, 5.41) is 3.30. The zero-order chi connectivity index (χ0) is 13.5. The van der Waals surface area contributed by atoms with Gasteiger partial charge in [-0.3, -0.25) is 0 Å². The van der Waals surface area contributed by atoms with E-state index < -0.39 is 0 Å². The molecule has 0 saturated carbocycles. The van der Waals surface area contributed by atoms with Gasteiger partial charge < -0.3 is 10.2 Å². The third-order valence-electron chi connectivity index (χ3n) is 3.32. The van der Waals surface area contributed by atoms with E-state index in [1.54, 1.807) is 0 Å². The van der Waals surface area contributed by atoms with Crippen molar-refractivity contribution in [2.45, 2.75) is 53.1 Å². The summed E-state index contributed by atoms with van der Waals surface area (Å²) >= 11 is 0. The Hall–Kier alpha value is -1.16. The van der Waals surface area contributed by atoms with Gasteiger partial charge in [0.15, 0.2) is 0 Å². The van der Waals surface area contributed by atoms with Crippen molar-refractivity contribution in [1.82, 2.24) is 15.3 Å². The minimum Gasteiger partial charge on any atom is -0.341 e. The second-order valence-electron chi connectivity index (χ2n) is 4.81. The van der Waals surface area contributed by atoms with Crippen LogP contribution in [0.1, 0.15) is 44.9 Å². The molecule has 102 valence electrons. The van der Waals surface area contributed by atoms with Crippen molar-refractivity contribution in [2.75, 3.05) is 18.5 Å². The molecule has 0 fully saturated rings. The SMILES string of the molecule is CCCC(C)N(C)c1ncc(CNCC)c(C)n1. The van der Waals surface area contributed by atoms with E-state index in [4.69, 9.17) is 0 Å². The largest absolute Gasteiger partial charge is 0.341 e. The Morgan fingerprint density at radius 2 is 2.11 bits per heavy atom. The van der Waals surface area contributed by atoms with Gasteiger partial charge in [0.05, 0.1) is 0 Å². The van der Waals surface area contributed by atoms with Gasteiger partial charge in [0.2, 0.25) is 5.95 Å². The fourth-order valence-electron chi connectivity index (χ4n) is 1.89. The van der Waals surface area contributed by atoms with Crippen LogP contribution >= 0.6 is 0 Å². The summed E-state index contributed by atoms with van der Waals surface area (Å²) in [4.78, 5) is 11.2. The summed E-state index contributed by atoms with van der Waals surface area (Å²) in [5.41, 5.74) is 2.24. The highest BCUT2D eigenvalue weighted by molar-refractivity contribution is 5.33. The first-order valence-electron chi connectivity index (χ1n) is 6.86. The van der Waals surface area contributed by atoms with Crippen LogP contribution in [0.25, 0.3) is 0 Å². The number of nitrogens with one attached hydrogen (secondary N) is 1. The van der Waals surface area contributed by atoms with E-state index in [-0.39, 0.29) is 0 Å². The highest BCUT2D eigenvalue weighted by Crippen LogP contribution is 2.14. The summed E-state index contributed by atoms with van der Waals surface area (Å²) in [5.74, 6) is 0.827. The molecule has 0 aliphatic heterocycles. The minimum absolute atomic E-state index is 0.481. The third kappa shape index (κ3) is 3.95. The number of aryl methyl sites for hydroxylation is 1. The Balaban J connectivity index is 2.76. The second-order valence-corrected chi connectivity index (χ2v) is 4.81. The van der Waals surface area contributed by atoms with Crippen molar-refractivity contribution in [2.24, 2.45) is 0 Å². The molecule has 1 aromatic rings. The van der Waals surface area contributed by atoms with Crippen molar-refractivity contribution in [3.8, 4) is 0 Å². The second kappa shape index (κ2) is 7.31. The molecule has 4 nitrogen and oxygen atoms in total. The Morgan fingerprint density at radius 1 is 1.39 bits per heavy atom. The number of nitrogens with zero attached hydrogens (tertiary/aromatic N) is 3. The van der Waals surface area contributed by atoms with E-state index >= 15 is 0 Å². The third-order valence-corrected chi connectivity index (χ3v) is 3.32. The lowest BCUT2D eigenvalue weighted by Crippen LogP contribution is -2.30. The molecular weight excluding hydrogens is 224 g/mol. The molecule has 0 bridgehead atoms. The smallest absolute Gasteiger partial charge is 0.225 e. The zero-order valence-corrected chi connectivity index (χ0v) is 12.3. The Bertz CT molecular complexity index is 365. The van der Waals surface area contributed by atoms with Crippen LogP contribution in [0.3, 0.4) is 0 Å². The maximum atomic E-state index is 4.60. The van der Waals surface area contributed by atoms with Gasteiger partial charge in [-0.15, -0.1) is 0 Å². The predicted molar refractivity (Wildman–Crippen MR) is 76.9 cm³/mol. The summed E-state index contributed by atoms with van der Waals surface area (Å²) < 4.78 is 0. The Labute approximate surface area is 111 Å². The lowest BCUT2D eigenvalue weighted by Gasteiger charge is -2.25. The van der Waals surface area contributed by atoms with Crippen LogP contribution in [0.5, 0.6) is 0 Å². The van der Waals surface area contributed by atoms with E-state index in [9.17, 15) is 0 Å². The monoisotopic (exact) mass is 250 g/mol. The van der Waals surface area contributed by atoms with Crippen molar-refractivity contribution in [1.29, 1.82) is 0 Å². The molecule has 0 spiro atoms. The highest BCUT2D eigenvalue weighted by Gasteiger charge is 2.12. The molecule has 0 radical (unpaired) electrons. The van der Waals surface area contributed by atoms with Crippen LogP contribution < -0.4 is 10.2 Å². The maximum Gasteiger partial charge on any atom is 0.225 e. The minimum atomic E-state index is 0.481. The van der Waals surface area contributed by atoms with Crippen LogP contribution in [0.2, 0.25) is 0 Å². The summed E-state index contributed by atoms with van der Waals surface area (Å²) in [6.07, 6.45) is 4.29. The van der Waals surface area contributed by atoms with Crippen LogP contribution in [-0.2, 0) is 6.54 Å². The van der Waals surface area contributed by atoms with Gasteiger partial charge in [-0.1, -0.05) is 20.3 Å². The molecular formula is C14H26N4. The lowest BCUT2D eigenvalue weighted by molar-refractivity contribution is 0.603. The van der Waals surface area contributed by atoms with Crippen LogP contribution in [0.4, 0.5) is 5.95 Å². The first-order valence-corrected chi connectivity index (χ1v) is 6.86. The predicted octanol–water partition coefficient (Wildman–Crippen LogP) is 2.52. The molecule has 0 aliphatic carbocycles. The number of anilines is 1. The topological polar surface area (TPSA) is 41.1 Å². The van der Waals surface area contributed by atoms with Gasteiger partial charge in [0.25, 0.3) is 0 Å². The van der Waals surface area contributed by atoms with Crippen molar-refractivity contribution in [3.63, 3.8) is 0 Å². The molecule has 1 aromatic heterocycles. The molecule has 0 amide bonds. The van der Waals surface area contributed by atoms with Gasteiger partial charge in [-0.05, 0) is 26.8 Å². The Kier molecular flexibility index (Phi) is 6.05. The molecule has 1 N–H and O–H groups in total.